The summed E-state index contributed by atoms with van der Waals surface area (Å²) in [5, 5.41) is 7.38. The molecule has 0 heterocycles. The molecule has 1 N–H and O–H groups in total. The standard InChI is InChI=1S/C11H15NO/c1-2-11(12)9-13-8-10-6-4-3-5-7-10/h3-7,12H,2,8-9H2,1H3. The maximum Gasteiger partial charge on any atom is 0.0845 e. The highest BCUT2D eigenvalue weighted by molar-refractivity contribution is 5.82. The van der Waals surface area contributed by atoms with Gasteiger partial charge in [-0.1, -0.05) is 37.3 Å². The molecule has 0 amide bonds. The summed E-state index contributed by atoms with van der Waals surface area (Å²) in [6.45, 7) is 3.02. The third-order valence-corrected chi connectivity index (χ3v) is 1.81. The van der Waals surface area contributed by atoms with Crippen molar-refractivity contribution < 1.29 is 4.74 Å². The fourth-order valence-electron chi connectivity index (χ4n) is 0.968. The first kappa shape index (κ1) is 9.93. The fourth-order valence-corrected chi connectivity index (χ4v) is 0.968. The Labute approximate surface area is 79.1 Å². The van der Waals surface area contributed by atoms with E-state index in [-0.39, 0.29) is 0 Å². The van der Waals surface area contributed by atoms with Crippen LogP contribution < -0.4 is 0 Å². The number of hydrogen-bond donors (Lipinski definition) is 1. The van der Waals surface area contributed by atoms with Crippen LogP contribution in [0.5, 0.6) is 0 Å². The smallest absolute Gasteiger partial charge is 0.0845 e. The van der Waals surface area contributed by atoms with E-state index in [1.165, 1.54) is 0 Å². The molecule has 0 aromatic heterocycles. The summed E-state index contributed by atoms with van der Waals surface area (Å²) in [6, 6.07) is 10.0. The topological polar surface area (TPSA) is 33.1 Å². The highest BCUT2D eigenvalue weighted by Gasteiger charge is 1.94. The predicted molar refractivity (Wildman–Crippen MR) is 54.1 cm³/mol. The molecule has 0 radical (unpaired) electrons. The van der Waals surface area contributed by atoms with Crippen molar-refractivity contribution in [1.29, 1.82) is 5.41 Å². The van der Waals surface area contributed by atoms with Crippen LogP contribution in [-0.4, -0.2) is 12.3 Å². The van der Waals surface area contributed by atoms with Crippen molar-refractivity contribution in [2.75, 3.05) is 6.61 Å². The highest BCUT2D eigenvalue weighted by atomic mass is 16.5. The van der Waals surface area contributed by atoms with Crippen LogP contribution in [0, 0.1) is 5.41 Å². The van der Waals surface area contributed by atoms with Gasteiger partial charge < -0.3 is 10.1 Å². The predicted octanol–water partition coefficient (Wildman–Crippen LogP) is 2.63. The summed E-state index contributed by atoms with van der Waals surface area (Å²) < 4.78 is 5.35. The van der Waals surface area contributed by atoms with Crippen LogP contribution in [0.3, 0.4) is 0 Å². The zero-order valence-corrected chi connectivity index (χ0v) is 7.92. The molecule has 0 unspecified atom stereocenters. The van der Waals surface area contributed by atoms with Crippen LogP contribution in [0.4, 0.5) is 0 Å². The van der Waals surface area contributed by atoms with Gasteiger partial charge in [0.2, 0.25) is 0 Å². The van der Waals surface area contributed by atoms with Crippen molar-refractivity contribution in [3.63, 3.8) is 0 Å². The quantitative estimate of drug-likeness (QED) is 0.689. The Morgan fingerprint density at radius 2 is 2.00 bits per heavy atom. The number of rotatable bonds is 5. The minimum Gasteiger partial charge on any atom is -0.371 e. The summed E-state index contributed by atoms with van der Waals surface area (Å²) in [5.41, 5.74) is 1.81. The SMILES string of the molecule is CCC(=N)COCc1ccccc1. The van der Waals surface area contributed by atoms with Gasteiger partial charge in [0.15, 0.2) is 0 Å². The van der Waals surface area contributed by atoms with E-state index in [0.29, 0.717) is 18.9 Å². The van der Waals surface area contributed by atoms with E-state index in [9.17, 15) is 0 Å². The van der Waals surface area contributed by atoms with Gasteiger partial charge in [-0.15, -0.1) is 0 Å². The van der Waals surface area contributed by atoms with E-state index in [2.05, 4.69) is 0 Å². The van der Waals surface area contributed by atoms with Crippen molar-refractivity contribution in [3.05, 3.63) is 35.9 Å². The van der Waals surface area contributed by atoms with Crippen LogP contribution in [0.25, 0.3) is 0 Å². The largest absolute Gasteiger partial charge is 0.371 e. The van der Waals surface area contributed by atoms with Crippen molar-refractivity contribution in [2.24, 2.45) is 0 Å². The zero-order valence-electron chi connectivity index (χ0n) is 7.92. The Morgan fingerprint density at radius 1 is 1.31 bits per heavy atom. The van der Waals surface area contributed by atoms with E-state index in [4.69, 9.17) is 10.1 Å². The molecule has 0 fully saturated rings. The van der Waals surface area contributed by atoms with Gasteiger partial charge >= 0.3 is 0 Å². The third-order valence-electron chi connectivity index (χ3n) is 1.81. The van der Waals surface area contributed by atoms with Gasteiger partial charge in [-0.05, 0) is 12.0 Å². The van der Waals surface area contributed by atoms with Gasteiger partial charge in [0.05, 0.1) is 13.2 Å². The van der Waals surface area contributed by atoms with E-state index in [1.807, 2.05) is 37.3 Å². The minimum absolute atomic E-state index is 0.450. The number of benzene rings is 1. The van der Waals surface area contributed by atoms with Crippen LogP contribution in [0.2, 0.25) is 0 Å². The Morgan fingerprint density at radius 3 is 2.62 bits per heavy atom. The van der Waals surface area contributed by atoms with Crippen molar-refractivity contribution in [2.45, 2.75) is 20.0 Å². The Hall–Kier alpha value is -1.15. The number of ether oxygens (including phenoxy) is 1. The summed E-state index contributed by atoms with van der Waals surface area (Å²) in [7, 11) is 0. The first-order chi connectivity index (χ1) is 6.33. The molecule has 0 spiro atoms. The highest BCUT2D eigenvalue weighted by Crippen LogP contribution is 2.00. The molecular weight excluding hydrogens is 162 g/mol. The normalized spacial score (nSPS) is 9.92. The van der Waals surface area contributed by atoms with Crippen molar-refractivity contribution in [3.8, 4) is 0 Å². The van der Waals surface area contributed by atoms with Gasteiger partial charge in [-0.25, -0.2) is 0 Å². The Balaban J connectivity index is 2.24. The summed E-state index contributed by atoms with van der Waals surface area (Å²) in [4.78, 5) is 0. The molecule has 0 aliphatic carbocycles. The van der Waals surface area contributed by atoms with Crippen LogP contribution in [-0.2, 0) is 11.3 Å². The molecule has 13 heavy (non-hydrogen) atoms. The zero-order chi connectivity index (χ0) is 9.52. The molecule has 0 aliphatic heterocycles. The van der Waals surface area contributed by atoms with Crippen molar-refractivity contribution >= 4 is 5.71 Å². The van der Waals surface area contributed by atoms with Gasteiger partial charge in [0.25, 0.3) is 0 Å². The fraction of sp³-hybridized carbons (Fsp3) is 0.364. The second-order valence-electron chi connectivity index (χ2n) is 2.94. The summed E-state index contributed by atoms with van der Waals surface area (Å²) in [6.07, 6.45) is 0.773. The van der Waals surface area contributed by atoms with Crippen molar-refractivity contribution in [1.82, 2.24) is 0 Å². The lowest BCUT2D eigenvalue weighted by Gasteiger charge is -2.03. The van der Waals surface area contributed by atoms with E-state index in [1.54, 1.807) is 0 Å². The van der Waals surface area contributed by atoms with E-state index >= 15 is 0 Å². The number of hydrogen-bond acceptors (Lipinski definition) is 2. The molecule has 1 aromatic rings. The Kier molecular flexibility index (Phi) is 4.19. The molecule has 0 saturated heterocycles. The number of nitrogens with one attached hydrogen (secondary N) is 1. The molecule has 1 rings (SSSR count). The first-order valence-corrected chi connectivity index (χ1v) is 4.51. The maximum atomic E-state index is 7.38. The lowest BCUT2D eigenvalue weighted by atomic mass is 10.2. The molecule has 1 aromatic carbocycles. The lowest BCUT2D eigenvalue weighted by Crippen LogP contribution is -2.05. The van der Waals surface area contributed by atoms with E-state index in [0.717, 1.165) is 12.0 Å². The van der Waals surface area contributed by atoms with Crippen LogP contribution in [0.1, 0.15) is 18.9 Å². The van der Waals surface area contributed by atoms with Gasteiger partial charge in [-0.2, -0.15) is 0 Å². The summed E-state index contributed by atoms with van der Waals surface area (Å²) in [5.74, 6) is 0. The monoisotopic (exact) mass is 177 g/mol. The molecule has 70 valence electrons. The first-order valence-electron chi connectivity index (χ1n) is 4.51. The van der Waals surface area contributed by atoms with Crippen LogP contribution >= 0.6 is 0 Å². The minimum atomic E-state index is 0.450. The second-order valence-corrected chi connectivity index (χ2v) is 2.94. The third kappa shape index (κ3) is 3.85. The lowest BCUT2D eigenvalue weighted by molar-refractivity contribution is 0.156. The summed E-state index contributed by atoms with van der Waals surface area (Å²) >= 11 is 0. The Bertz CT molecular complexity index is 256. The maximum absolute atomic E-state index is 7.38. The second kappa shape index (κ2) is 5.49. The van der Waals surface area contributed by atoms with Gasteiger partial charge in [0, 0.05) is 5.71 Å². The molecule has 2 nitrogen and oxygen atoms in total. The van der Waals surface area contributed by atoms with Gasteiger partial charge in [0.1, 0.15) is 0 Å². The average Bonchev–Trinajstić information content (AvgIpc) is 2.19. The molecule has 0 atom stereocenters. The molecule has 0 aliphatic rings. The molecule has 2 heteroatoms. The van der Waals surface area contributed by atoms with E-state index < -0.39 is 0 Å². The van der Waals surface area contributed by atoms with Gasteiger partial charge in [-0.3, -0.25) is 0 Å². The molecule has 0 bridgehead atoms. The molecular formula is C11H15NO. The average molecular weight is 177 g/mol. The van der Waals surface area contributed by atoms with Crippen LogP contribution in [0.15, 0.2) is 30.3 Å². The molecule has 0 saturated carbocycles.